The fraction of sp³-hybridized carbons (Fsp3) is 0.800. The number of aliphatic hydroxyl groups excluding tert-OH is 1. The van der Waals surface area contributed by atoms with Crippen molar-refractivity contribution >= 4 is 0 Å². The molecule has 3 rings (SSSR count). The maximum atomic E-state index is 10.3. The first kappa shape index (κ1) is 13.1. The summed E-state index contributed by atoms with van der Waals surface area (Å²) in [6, 6.07) is 0.610. The summed E-state index contributed by atoms with van der Waals surface area (Å²) in [6.07, 6.45) is 13.0. The molecule has 1 aromatic heterocycles. The van der Waals surface area contributed by atoms with Crippen LogP contribution in [0.15, 0.2) is 18.7 Å². The average molecular weight is 263 g/mol. The van der Waals surface area contributed by atoms with Crippen molar-refractivity contribution in [3.8, 4) is 0 Å². The van der Waals surface area contributed by atoms with Crippen molar-refractivity contribution < 1.29 is 5.11 Å². The van der Waals surface area contributed by atoms with Crippen molar-refractivity contribution in [1.82, 2.24) is 14.5 Å². The van der Waals surface area contributed by atoms with Crippen LogP contribution in [-0.4, -0.2) is 44.8 Å². The van der Waals surface area contributed by atoms with Crippen molar-refractivity contribution in [2.45, 2.75) is 57.2 Å². The standard InChI is InChI=1S/C15H25N3O/c19-15-6-2-1-4-13(15)14-5-3-8-18(14)11-10-17-9-7-16-12-17/h7,9,12-15,19H,1-6,8,10-11H2. The van der Waals surface area contributed by atoms with Gasteiger partial charge < -0.3 is 9.67 Å². The Balaban J connectivity index is 1.57. The van der Waals surface area contributed by atoms with Gasteiger partial charge in [-0.25, -0.2) is 4.98 Å². The first-order chi connectivity index (χ1) is 9.34. The summed E-state index contributed by atoms with van der Waals surface area (Å²) in [5, 5.41) is 10.3. The van der Waals surface area contributed by atoms with Gasteiger partial charge in [0, 0.05) is 37.4 Å². The molecule has 19 heavy (non-hydrogen) atoms. The minimum atomic E-state index is -0.0624. The maximum Gasteiger partial charge on any atom is 0.0946 e. The molecule has 0 radical (unpaired) electrons. The monoisotopic (exact) mass is 263 g/mol. The van der Waals surface area contributed by atoms with E-state index in [0.29, 0.717) is 12.0 Å². The summed E-state index contributed by atoms with van der Waals surface area (Å²) in [6.45, 7) is 3.30. The lowest BCUT2D eigenvalue weighted by atomic mass is 9.80. The lowest BCUT2D eigenvalue weighted by molar-refractivity contribution is 0.0214. The Morgan fingerprint density at radius 1 is 1.11 bits per heavy atom. The van der Waals surface area contributed by atoms with Crippen LogP contribution in [-0.2, 0) is 6.54 Å². The van der Waals surface area contributed by atoms with Crippen molar-refractivity contribution in [2.24, 2.45) is 5.92 Å². The number of nitrogens with zero attached hydrogens (tertiary/aromatic N) is 3. The molecule has 0 bridgehead atoms. The van der Waals surface area contributed by atoms with Crippen LogP contribution in [0, 0.1) is 5.92 Å². The highest BCUT2D eigenvalue weighted by atomic mass is 16.3. The Hall–Kier alpha value is -0.870. The van der Waals surface area contributed by atoms with Gasteiger partial charge in [0.1, 0.15) is 0 Å². The topological polar surface area (TPSA) is 41.3 Å². The number of aliphatic hydroxyl groups is 1. The van der Waals surface area contributed by atoms with Crippen LogP contribution in [0.3, 0.4) is 0 Å². The van der Waals surface area contributed by atoms with E-state index in [-0.39, 0.29) is 6.10 Å². The molecule has 2 fully saturated rings. The Bertz CT molecular complexity index is 379. The smallest absolute Gasteiger partial charge is 0.0946 e. The van der Waals surface area contributed by atoms with Crippen LogP contribution in [0.4, 0.5) is 0 Å². The molecule has 1 saturated heterocycles. The molecule has 1 aromatic rings. The van der Waals surface area contributed by atoms with Crippen LogP contribution in [0.5, 0.6) is 0 Å². The van der Waals surface area contributed by atoms with Gasteiger partial charge in [-0.15, -0.1) is 0 Å². The summed E-state index contributed by atoms with van der Waals surface area (Å²) in [4.78, 5) is 6.69. The van der Waals surface area contributed by atoms with Crippen LogP contribution >= 0.6 is 0 Å². The second-order valence-electron chi connectivity index (χ2n) is 6.06. The summed E-state index contributed by atoms with van der Waals surface area (Å²) in [5.74, 6) is 0.513. The van der Waals surface area contributed by atoms with Gasteiger partial charge >= 0.3 is 0 Å². The molecule has 0 amide bonds. The number of likely N-dealkylation sites (tertiary alicyclic amines) is 1. The fourth-order valence-electron chi connectivity index (χ4n) is 3.87. The predicted octanol–water partition coefficient (Wildman–Crippen LogP) is 1.90. The van der Waals surface area contributed by atoms with Crippen molar-refractivity contribution in [3.05, 3.63) is 18.7 Å². The number of rotatable bonds is 4. The molecule has 3 atom stereocenters. The molecular formula is C15H25N3O. The van der Waals surface area contributed by atoms with E-state index in [9.17, 15) is 5.11 Å². The number of imidazole rings is 1. The second-order valence-corrected chi connectivity index (χ2v) is 6.06. The Morgan fingerprint density at radius 2 is 2.00 bits per heavy atom. The fourth-order valence-corrected chi connectivity index (χ4v) is 3.87. The van der Waals surface area contributed by atoms with E-state index in [2.05, 4.69) is 14.5 Å². The van der Waals surface area contributed by atoms with Crippen molar-refractivity contribution in [1.29, 1.82) is 0 Å². The number of hydrogen-bond donors (Lipinski definition) is 1. The SMILES string of the molecule is OC1CCCCC1C1CCCN1CCn1ccnc1. The Labute approximate surface area is 115 Å². The lowest BCUT2D eigenvalue weighted by Crippen LogP contribution is -2.43. The third kappa shape index (κ3) is 3.00. The highest BCUT2D eigenvalue weighted by Crippen LogP contribution is 2.34. The van der Waals surface area contributed by atoms with Gasteiger partial charge in [-0.05, 0) is 32.2 Å². The number of aromatic nitrogens is 2. The molecule has 2 heterocycles. The predicted molar refractivity (Wildman–Crippen MR) is 74.8 cm³/mol. The molecule has 106 valence electrons. The van der Waals surface area contributed by atoms with Gasteiger partial charge in [-0.3, -0.25) is 4.90 Å². The maximum absolute atomic E-state index is 10.3. The van der Waals surface area contributed by atoms with Gasteiger partial charge in [0.05, 0.1) is 12.4 Å². The minimum absolute atomic E-state index is 0.0624. The normalized spacial score (nSPS) is 32.8. The zero-order chi connectivity index (χ0) is 13.1. The Morgan fingerprint density at radius 3 is 2.79 bits per heavy atom. The van der Waals surface area contributed by atoms with E-state index in [0.717, 1.165) is 19.5 Å². The van der Waals surface area contributed by atoms with Crippen molar-refractivity contribution in [3.63, 3.8) is 0 Å². The van der Waals surface area contributed by atoms with E-state index in [4.69, 9.17) is 0 Å². The van der Waals surface area contributed by atoms with Gasteiger partial charge in [0.25, 0.3) is 0 Å². The zero-order valence-corrected chi connectivity index (χ0v) is 11.6. The zero-order valence-electron chi connectivity index (χ0n) is 11.6. The van der Waals surface area contributed by atoms with Gasteiger partial charge in [-0.1, -0.05) is 12.8 Å². The molecular weight excluding hydrogens is 238 g/mol. The molecule has 0 spiro atoms. The summed E-state index contributed by atoms with van der Waals surface area (Å²) >= 11 is 0. The third-order valence-corrected chi connectivity index (χ3v) is 4.89. The number of hydrogen-bond acceptors (Lipinski definition) is 3. The highest BCUT2D eigenvalue weighted by molar-refractivity contribution is 4.90. The average Bonchev–Trinajstić information content (AvgIpc) is 3.08. The molecule has 4 heteroatoms. The van der Waals surface area contributed by atoms with Crippen molar-refractivity contribution in [2.75, 3.05) is 13.1 Å². The van der Waals surface area contributed by atoms with E-state index < -0.39 is 0 Å². The molecule has 1 saturated carbocycles. The van der Waals surface area contributed by atoms with Crippen LogP contribution in [0.2, 0.25) is 0 Å². The van der Waals surface area contributed by atoms with E-state index >= 15 is 0 Å². The molecule has 3 unspecified atom stereocenters. The van der Waals surface area contributed by atoms with Gasteiger partial charge in [-0.2, -0.15) is 0 Å². The van der Waals surface area contributed by atoms with E-state index in [1.165, 1.54) is 38.6 Å². The molecule has 1 aliphatic carbocycles. The first-order valence-electron chi connectivity index (χ1n) is 7.72. The quantitative estimate of drug-likeness (QED) is 0.902. The molecule has 2 aliphatic rings. The van der Waals surface area contributed by atoms with E-state index in [1.807, 2.05) is 18.7 Å². The molecule has 0 aromatic carbocycles. The molecule has 4 nitrogen and oxygen atoms in total. The summed E-state index contributed by atoms with van der Waals surface area (Å²) in [5.41, 5.74) is 0. The molecule has 1 N–H and O–H groups in total. The largest absolute Gasteiger partial charge is 0.393 e. The molecule has 1 aliphatic heterocycles. The highest BCUT2D eigenvalue weighted by Gasteiger charge is 2.36. The minimum Gasteiger partial charge on any atom is -0.393 e. The lowest BCUT2D eigenvalue weighted by Gasteiger charge is -2.37. The first-order valence-corrected chi connectivity index (χ1v) is 7.72. The Kier molecular flexibility index (Phi) is 4.18. The summed E-state index contributed by atoms with van der Waals surface area (Å²) in [7, 11) is 0. The second kappa shape index (κ2) is 6.06. The van der Waals surface area contributed by atoms with E-state index in [1.54, 1.807) is 0 Å². The summed E-state index contributed by atoms with van der Waals surface area (Å²) < 4.78 is 2.15. The van der Waals surface area contributed by atoms with Crippen LogP contribution < -0.4 is 0 Å². The van der Waals surface area contributed by atoms with Gasteiger partial charge in [0.2, 0.25) is 0 Å². The van der Waals surface area contributed by atoms with Crippen LogP contribution in [0.1, 0.15) is 38.5 Å². The van der Waals surface area contributed by atoms with Gasteiger partial charge in [0.15, 0.2) is 0 Å². The van der Waals surface area contributed by atoms with Crippen LogP contribution in [0.25, 0.3) is 0 Å². The third-order valence-electron chi connectivity index (χ3n) is 4.89.